The Morgan fingerprint density at radius 2 is 2.15 bits per heavy atom. The number of halogens is 1. The first-order valence-corrected chi connectivity index (χ1v) is 7.12. The summed E-state index contributed by atoms with van der Waals surface area (Å²) in [7, 11) is 0. The van der Waals surface area contributed by atoms with Gasteiger partial charge in [-0.05, 0) is 42.5 Å². The van der Waals surface area contributed by atoms with Gasteiger partial charge in [0.05, 0.1) is 11.1 Å². The fraction of sp³-hybridized carbons (Fsp3) is 0.438. The van der Waals surface area contributed by atoms with Crippen LogP contribution >= 0.6 is 0 Å². The van der Waals surface area contributed by atoms with Crippen LogP contribution in [0.3, 0.4) is 0 Å². The van der Waals surface area contributed by atoms with Crippen molar-refractivity contribution in [1.29, 1.82) is 0 Å². The summed E-state index contributed by atoms with van der Waals surface area (Å²) in [6.45, 7) is 2.05. The van der Waals surface area contributed by atoms with E-state index in [1.54, 1.807) is 12.3 Å². The Balaban J connectivity index is 1.57. The predicted octanol–water partition coefficient (Wildman–Crippen LogP) is 2.33. The Kier molecular flexibility index (Phi) is 2.59. The van der Waals surface area contributed by atoms with Gasteiger partial charge in [-0.2, -0.15) is 0 Å². The van der Waals surface area contributed by atoms with Gasteiger partial charge in [-0.25, -0.2) is 4.39 Å². The van der Waals surface area contributed by atoms with Gasteiger partial charge in [0.25, 0.3) is 0 Å². The van der Waals surface area contributed by atoms with Crippen LogP contribution in [0.2, 0.25) is 0 Å². The molecule has 1 saturated heterocycles. The van der Waals surface area contributed by atoms with Crippen molar-refractivity contribution in [1.82, 2.24) is 9.88 Å². The van der Waals surface area contributed by atoms with Crippen LogP contribution in [0.25, 0.3) is 10.9 Å². The third-order valence-electron chi connectivity index (χ3n) is 4.47. The topological polar surface area (TPSA) is 36.4 Å². The molecule has 0 atom stereocenters. The number of hydrogen-bond donors (Lipinski definition) is 1. The molecule has 20 heavy (non-hydrogen) atoms. The van der Waals surface area contributed by atoms with E-state index in [4.69, 9.17) is 0 Å². The van der Waals surface area contributed by atoms with Crippen molar-refractivity contribution >= 4 is 10.9 Å². The van der Waals surface area contributed by atoms with Crippen molar-refractivity contribution in [3.63, 3.8) is 0 Å². The van der Waals surface area contributed by atoms with Gasteiger partial charge in [0.15, 0.2) is 0 Å². The molecule has 4 heteroatoms. The number of aliphatic hydroxyl groups is 1. The van der Waals surface area contributed by atoms with E-state index in [2.05, 4.69) is 9.88 Å². The van der Waals surface area contributed by atoms with E-state index in [1.807, 2.05) is 12.1 Å². The maximum atomic E-state index is 13.7. The van der Waals surface area contributed by atoms with Gasteiger partial charge in [-0.15, -0.1) is 0 Å². The number of pyridine rings is 1. The van der Waals surface area contributed by atoms with Crippen LogP contribution in [0.1, 0.15) is 18.4 Å². The number of likely N-dealkylation sites (tertiary alicyclic amines) is 1. The van der Waals surface area contributed by atoms with Gasteiger partial charge in [0.1, 0.15) is 5.82 Å². The molecule has 0 amide bonds. The number of rotatable bonds is 3. The summed E-state index contributed by atoms with van der Waals surface area (Å²) in [5.74, 6) is 0.264. The first-order chi connectivity index (χ1) is 9.64. The second kappa shape index (κ2) is 4.24. The number of hydrogen-bond acceptors (Lipinski definition) is 3. The Morgan fingerprint density at radius 1 is 1.35 bits per heavy atom. The summed E-state index contributed by atoms with van der Waals surface area (Å²) in [6.07, 6.45) is 4.03. The van der Waals surface area contributed by atoms with Crippen LogP contribution in [0.5, 0.6) is 0 Å². The highest BCUT2D eigenvalue weighted by molar-refractivity contribution is 5.81. The molecule has 0 radical (unpaired) electrons. The Hall–Kier alpha value is -1.52. The largest absolute Gasteiger partial charge is 0.387 e. The highest BCUT2D eigenvalue weighted by Crippen LogP contribution is 2.44. The van der Waals surface area contributed by atoms with E-state index < -0.39 is 5.60 Å². The normalized spacial score (nSPS) is 21.9. The van der Waals surface area contributed by atoms with Crippen LogP contribution < -0.4 is 0 Å². The Bertz CT molecular complexity index is 663. The van der Waals surface area contributed by atoms with Gasteiger partial charge in [-0.3, -0.25) is 9.88 Å². The molecule has 1 aromatic carbocycles. The molecule has 1 N–H and O–H groups in total. The molecule has 104 valence electrons. The monoisotopic (exact) mass is 272 g/mol. The number of fused-ring (bicyclic) bond motifs is 1. The molecule has 1 aliphatic heterocycles. The van der Waals surface area contributed by atoms with E-state index in [-0.39, 0.29) is 5.82 Å². The molecular weight excluding hydrogens is 255 g/mol. The Morgan fingerprint density at radius 3 is 2.90 bits per heavy atom. The lowest BCUT2D eigenvalue weighted by atomic mass is 9.88. The molecule has 0 unspecified atom stereocenters. The number of aromatic nitrogens is 1. The smallest absolute Gasteiger partial charge is 0.124 e. The van der Waals surface area contributed by atoms with Crippen molar-refractivity contribution in [2.75, 3.05) is 13.1 Å². The molecule has 2 fully saturated rings. The third-order valence-corrected chi connectivity index (χ3v) is 4.47. The average Bonchev–Trinajstić information content (AvgIpc) is 3.21. The van der Waals surface area contributed by atoms with E-state index in [0.717, 1.165) is 29.3 Å². The summed E-state index contributed by atoms with van der Waals surface area (Å²) < 4.78 is 13.7. The van der Waals surface area contributed by atoms with Gasteiger partial charge in [-0.1, -0.05) is 6.07 Å². The molecule has 2 heterocycles. The maximum absolute atomic E-state index is 13.7. The summed E-state index contributed by atoms with van der Waals surface area (Å²) in [4.78, 5) is 6.53. The summed E-state index contributed by atoms with van der Waals surface area (Å²) in [5.41, 5.74) is 1.27. The summed E-state index contributed by atoms with van der Waals surface area (Å²) in [5, 5.41) is 11.2. The lowest BCUT2D eigenvalue weighted by Crippen LogP contribution is -2.62. The number of benzene rings is 1. The molecular formula is C16H17FN2O. The van der Waals surface area contributed by atoms with Crippen LogP contribution in [-0.2, 0) is 6.54 Å². The minimum Gasteiger partial charge on any atom is -0.387 e. The minimum absolute atomic E-state index is 0.224. The van der Waals surface area contributed by atoms with Crippen LogP contribution in [0.15, 0.2) is 30.5 Å². The number of nitrogens with zero attached hydrogens (tertiary/aromatic N) is 2. The molecule has 4 rings (SSSR count). The van der Waals surface area contributed by atoms with Crippen LogP contribution in [0.4, 0.5) is 4.39 Å². The molecule has 3 nitrogen and oxygen atoms in total. The van der Waals surface area contributed by atoms with Crippen LogP contribution in [-0.4, -0.2) is 33.7 Å². The molecule has 1 saturated carbocycles. The predicted molar refractivity (Wildman–Crippen MR) is 74.7 cm³/mol. The molecule has 0 bridgehead atoms. The third kappa shape index (κ3) is 2.00. The quantitative estimate of drug-likeness (QED) is 0.931. The first-order valence-electron chi connectivity index (χ1n) is 7.12. The zero-order chi connectivity index (χ0) is 13.7. The first kappa shape index (κ1) is 12.2. The number of β-amino-alcohol motifs (C(OH)–C–C–N with tert-alkyl or cyclic N) is 1. The fourth-order valence-corrected chi connectivity index (χ4v) is 3.31. The maximum Gasteiger partial charge on any atom is 0.124 e. The van der Waals surface area contributed by atoms with Crippen molar-refractivity contribution in [3.05, 3.63) is 41.8 Å². The second-order valence-corrected chi connectivity index (χ2v) is 6.16. The van der Waals surface area contributed by atoms with Crippen molar-refractivity contribution in [2.24, 2.45) is 5.92 Å². The zero-order valence-corrected chi connectivity index (χ0v) is 11.2. The van der Waals surface area contributed by atoms with Crippen molar-refractivity contribution in [2.45, 2.75) is 25.0 Å². The van der Waals surface area contributed by atoms with E-state index in [0.29, 0.717) is 25.6 Å². The summed E-state index contributed by atoms with van der Waals surface area (Å²) in [6, 6.07) is 6.78. The van der Waals surface area contributed by atoms with E-state index in [1.165, 1.54) is 6.07 Å². The SMILES string of the molecule is OC1(C2CC2)CN(Cc2cc(F)cc3cccnc23)C1. The van der Waals surface area contributed by atoms with Crippen LogP contribution in [0, 0.1) is 11.7 Å². The second-order valence-electron chi connectivity index (χ2n) is 6.16. The molecule has 1 aliphatic carbocycles. The van der Waals surface area contributed by atoms with Crippen molar-refractivity contribution < 1.29 is 9.50 Å². The highest BCUT2D eigenvalue weighted by atomic mass is 19.1. The highest BCUT2D eigenvalue weighted by Gasteiger charge is 2.51. The fourth-order valence-electron chi connectivity index (χ4n) is 3.31. The van der Waals surface area contributed by atoms with Gasteiger partial charge < -0.3 is 5.11 Å². The molecule has 0 spiro atoms. The lowest BCUT2D eigenvalue weighted by Gasteiger charge is -2.47. The Labute approximate surface area is 117 Å². The van der Waals surface area contributed by atoms with Gasteiger partial charge in [0, 0.05) is 31.2 Å². The minimum atomic E-state index is -0.490. The zero-order valence-electron chi connectivity index (χ0n) is 11.2. The average molecular weight is 272 g/mol. The van der Waals surface area contributed by atoms with E-state index in [9.17, 15) is 9.50 Å². The standard InChI is InChI=1S/C16H17FN2O/c17-14-6-11-2-1-5-18-15(11)12(7-14)8-19-9-16(20,10-19)13-3-4-13/h1-2,5-7,13,20H,3-4,8-10H2. The lowest BCUT2D eigenvalue weighted by molar-refractivity contribution is -0.116. The molecule has 2 aromatic rings. The molecule has 2 aliphatic rings. The van der Waals surface area contributed by atoms with Gasteiger partial charge in [0.2, 0.25) is 0 Å². The summed E-state index contributed by atoms with van der Waals surface area (Å²) >= 11 is 0. The van der Waals surface area contributed by atoms with E-state index >= 15 is 0 Å². The van der Waals surface area contributed by atoms with Crippen molar-refractivity contribution in [3.8, 4) is 0 Å². The molecule has 1 aromatic heterocycles. The van der Waals surface area contributed by atoms with Gasteiger partial charge >= 0.3 is 0 Å².